The lowest BCUT2D eigenvalue weighted by atomic mass is 10.2. The Balaban J connectivity index is 2.08. The predicted molar refractivity (Wildman–Crippen MR) is 105 cm³/mol. The molecule has 27 heavy (non-hydrogen) atoms. The van der Waals surface area contributed by atoms with Crippen LogP contribution in [0.5, 0.6) is 0 Å². The van der Waals surface area contributed by atoms with Crippen LogP contribution in [0, 0.1) is 6.92 Å². The minimum atomic E-state index is -0.457. The summed E-state index contributed by atoms with van der Waals surface area (Å²) < 4.78 is 12.9. The molecule has 0 spiro atoms. The first kappa shape index (κ1) is 19.4. The minimum Gasteiger partial charge on any atom is -0.462 e. The Bertz CT molecular complexity index is 1050. The number of rotatable bonds is 6. The van der Waals surface area contributed by atoms with E-state index in [0.29, 0.717) is 29.3 Å². The molecule has 2 heterocycles. The van der Waals surface area contributed by atoms with E-state index in [1.807, 2.05) is 16.9 Å². The minimum absolute atomic E-state index is 0.175. The molecule has 0 unspecified atom stereocenters. The van der Waals surface area contributed by atoms with Gasteiger partial charge in [0, 0.05) is 18.4 Å². The average molecular weight is 406 g/mol. The van der Waals surface area contributed by atoms with E-state index >= 15 is 0 Å². The number of carbonyl (C=O) groups excluding carboxylic acids is 2. The van der Waals surface area contributed by atoms with Crippen molar-refractivity contribution in [3.05, 3.63) is 46.1 Å². The van der Waals surface area contributed by atoms with E-state index < -0.39 is 5.91 Å². The van der Waals surface area contributed by atoms with E-state index in [2.05, 4.69) is 10.1 Å². The zero-order chi connectivity index (χ0) is 19.4. The Morgan fingerprint density at radius 3 is 2.85 bits per heavy atom. The monoisotopic (exact) mass is 405 g/mol. The predicted octanol–water partition coefficient (Wildman–Crippen LogP) is 3.28. The zero-order valence-electron chi connectivity index (χ0n) is 15.2. The molecule has 3 aromatic rings. The van der Waals surface area contributed by atoms with Crippen LogP contribution in [0.2, 0.25) is 0 Å². The van der Waals surface area contributed by atoms with Crippen molar-refractivity contribution in [2.45, 2.75) is 20.4 Å². The van der Waals surface area contributed by atoms with Gasteiger partial charge in [-0.2, -0.15) is 16.8 Å². The number of aromatic nitrogens is 2. The van der Waals surface area contributed by atoms with Crippen LogP contribution in [0.25, 0.3) is 10.2 Å². The number of esters is 1. The molecule has 0 bridgehead atoms. The van der Waals surface area contributed by atoms with Crippen LogP contribution >= 0.6 is 23.1 Å². The Morgan fingerprint density at radius 2 is 2.19 bits per heavy atom. The Kier molecular flexibility index (Phi) is 6.12. The molecule has 1 amide bonds. The number of ether oxygens (including phenoxy) is 1. The van der Waals surface area contributed by atoms with Crippen molar-refractivity contribution < 1.29 is 18.8 Å². The quantitative estimate of drug-likeness (QED) is 0.585. The third kappa shape index (κ3) is 4.30. The zero-order valence-corrected chi connectivity index (χ0v) is 16.9. The highest BCUT2D eigenvalue weighted by atomic mass is 32.2. The standard InChI is InChI=1S/C18H19N3O4S2/c1-4-24-17(23)12-5-6-14-15(10-12)27-18(21(14)7-8-26-3)19-16(22)13-9-11(2)25-20-13/h5-6,9-10H,4,7-8H2,1-3H3. The highest BCUT2D eigenvalue weighted by Gasteiger charge is 2.14. The van der Waals surface area contributed by atoms with E-state index in [9.17, 15) is 9.59 Å². The first-order chi connectivity index (χ1) is 13.0. The molecule has 0 saturated carbocycles. The summed E-state index contributed by atoms with van der Waals surface area (Å²) in [6.07, 6.45) is 2.02. The molecule has 0 radical (unpaired) electrons. The number of amides is 1. The molecule has 0 aliphatic carbocycles. The van der Waals surface area contributed by atoms with Gasteiger partial charge in [-0.05, 0) is 38.3 Å². The van der Waals surface area contributed by atoms with Gasteiger partial charge in [0.05, 0.1) is 22.4 Å². The van der Waals surface area contributed by atoms with Crippen LogP contribution in [0.4, 0.5) is 0 Å². The maximum absolute atomic E-state index is 12.4. The van der Waals surface area contributed by atoms with Crippen molar-refractivity contribution in [3.8, 4) is 0 Å². The van der Waals surface area contributed by atoms with Crippen LogP contribution in [0.15, 0.2) is 33.8 Å². The molecule has 3 rings (SSSR count). The summed E-state index contributed by atoms with van der Waals surface area (Å²) in [4.78, 5) is 29.2. The molecule has 2 aromatic heterocycles. The number of hydrogen-bond donors (Lipinski definition) is 0. The average Bonchev–Trinajstić information content (AvgIpc) is 3.23. The van der Waals surface area contributed by atoms with Crippen molar-refractivity contribution in [1.82, 2.24) is 9.72 Å². The van der Waals surface area contributed by atoms with Gasteiger partial charge in [-0.3, -0.25) is 4.79 Å². The summed E-state index contributed by atoms with van der Waals surface area (Å²) in [6, 6.07) is 6.93. The molecule has 1 aromatic carbocycles. The van der Waals surface area contributed by atoms with Crippen LogP contribution < -0.4 is 4.80 Å². The normalized spacial score (nSPS) is 11.9. The summed E-state index contributed by atoms with van der Waals surface area (Å²) in [5.41, 5.74) is 1.58. The first-order valence-corrected chi connectivity index (χ1v) is 10.6. The molecule has 0 aliphatic heterocycles. The van der Waals surface area contributed by atoms with Crippen molar-refractivity contribution in [1.29, 1.82) is 0 Å². The number of thioether (sulfide) groups is 1. The van der Waals surface area contributed by atoms with Gasteiger partial charge in [0.1, 0.15) is 5.76 Å². The largest absolute Gasteiger partial charge is 0.462 e. The number of fused-ring (bicyclic) bond motifs is 1. The van der Waals surface area contributed by atoms with Crippen LogP contribution in [0.3, 0.4) is 0 Å². The molecule has 142 valence electrons. The molecule has 7 nitrogen and oxygen atoms in total. The van der Waals surface area contributed by atoms with Crippen LogP contribution in [0.1, 0.15) is 33.5 Å². The van der Waals surface area contributed by atoms with E-state index in [1.165, 1.54) is 11.3 Å². The van der Waals surface area contributed by atoms with Crippen molar-refractivity contribution >= 4 is 45.2 Å². The third-order valence-corrected chi connectivity index (χ3v) is 5.39. The first-order valence-electron chi connectivity index (χ1n) is 8.35. The van der Waals surface area contributed by atoms with Crippen LogP contribution in [-0.4, -0.2) is 40.2 Å². The Labute approximate surface area is 164 Å². The van der Waals surface area contributed by atoms with Crippen LogP contribution in [-0.2, 0) is 11.3 Å². The number of hydrogen-bond acceptors (Lipinski definition) is 7. The summed E-state index contributed by atoms with van der Waals surface area (Å²) in [7, 11) is 0. The molecule has 0 atom stereocenters. The number of benzene rings is 1. The highest BCUT2D eigenvalue weighted by molar-refractivity contribution is 7.98. The summed E-state index contributed by atoms with van der Waals surface area (Å²) >= 11 is 3.06. The van der Waals surface area contributed by atoms with Gasteiger partial charge in [0.15, 0.2) is 10.5 Å². The highest BCUT2D eigenvalue weighted by Crippen LogP contribution is 2.20. The van der Waals surface area contributed by atoms with Gasteiger partial charge in [0.2, 0.25) is 0 Å². The molecule has 0 aliphatic rings. The molecular weight excluding hydrogens is 386 g/mol. The fourth-order valence-corrected chi connectivity index (χ4v) is 3.97. The number of nitrogens with zero attached hydrogens (tertiary/aromatic N) is 3. The fraction of sp³-hybridized carbons (Fsp3) is 0.333. The topological polar surface area (TPSA) is 86.7 Å². The van der Waals surface area contributed by atoms with E-state index in [4.69, 9.17) is 9.26 Å². The molecule has 0 fully saturated rings. The lowest BCUT2D eigenvalue weighted by Gasteiger charge is -2.05. The molecular formula is C18H19N3O4S2. The molecule has 0 N–H and O–H groups in total. The van der Waals surface area contributed by atoms with E-state index in [1.54, 1.807) is 43.8 Å². The number of aryl methyl sites for hydroxylation is 2. The van der Waals surface area contributed by atoms with Crippen molar-refractivity contribution in [3.63, 3.8) is 0 Å². The SMILES string of the molecule is CCOC(=O)c1ccc2c(c1)sc(=NC(=O)c1cc(C)on1)n2CCSC. The van der Waals surface area contributed by atoms with E-state index in [0.717, 1.165) is 16.0 Å². The second kappa shape index (κ2) is 8.53. The lowest BCUT2D eigenvalue weighted by Crippen LogP contribution is -2.18. The molecule has 9 heteroatoms. The van der Waals surface area contributed by atoms with Gasteiger partial charge in [-0.1, -0.05) is 16.5 Å². The maximum atomic E-state index is 12.4. The Hall–Kier alpha value is -2.39. The second-order valence-electron chi connectivity index (χ2n) is 5.67. The van der Waals surface area contributed by atoms with Gasteiger partial charge >= 0.3 is 11.9 Å². The third-order valence-electron chi connectivity index (χ3n) is 3.76. The van der Waals surface area contributed by atoms with E-state index in [-0.39, 0.29) is 11.7 Å². The van der Waals surface area contributed by atoms with Gasteiger partial charge in [-0.15, -0.1) is 0 Å². The molecule has 0 saturated heterocycles. The fourth-order valence-electron chi connectivity index (χ4n) is 2.51. The summed E-state index contributed by atoms with van der Waals surface area (Å²) in [6.45, 7) is 4.51. The summed E-state index contributed by atoms with van der Waals surface area (Å²) in [5.74, 6) is 0.605. The summed E-state index contributed by atoms with van der Waals surface area (Å²) in [5, 5.41) is 3.73. The number of carbonyl (C=O) groups is 2. The Morgan fingerprint density at radius 1 is 1.37 bits per heavy atom. The van der Waals surface area contributed by atoms with Gasteiger partial charge in [0.25, 0.3) is 0 Å². The second-order valence-corrected chi connectivity index (χ2v) is 7.67. The van der Waals surface area contributed by atoms with Crippen molar-refractivity contribution in [2.75, 3.05) is 18.6 Å². The maximum Gasteiger partial charge on any atom is 0.338 e. The van der Waals surface area contributed by atoms with Gasteiger partial charge in [-0.25, -0.2) is 4.79 Å². The smallest absolute Gasteiger partial charge is 0.338 e. The lowest BCUT2D eigenvalue weighted by molar-refractivity contribution is 0.0526. The van der Waals surface area contributed by atoms with Gasteiger partial charge < -0.3 is 13.8 Å². The number of thiazole rings is 1. The van der Waals surface area contributed by atoms with Crippen molar-refractivity contribution in [2.24, 2.45) is 4.99 Å².